The molecular formula is C93H170N6O9. The molecule has 3 aromatic carbocycles. The molecule has 0 saturated heterocycles. The highest BCUT2D eigenvalue weighted by atomic mass is 16.5. The summed E-state index contributed by atoms with van der Waals surface area (Å²) >= 11 is 0. The first-order valence-corrected chi connectivity index (χ1v) is 41.2. The summed E-state index contributed by atoms with van der Waals surface area (Å²) in [6.07, 6.45) is 4.98. The summed E-state index contributed by atoms with van der Waals surface area (Å²) in [5.74, 6) is 4.63. The number of carbonyl (C=O) groups is 7. The van der Waals surface area contributed by atoms with Crippen LogP contribution in [0.25, 0.3) is 0 Å². The number of amides is 5. The molecule has 0 aliphatic rings. The van der Waals surface area contributed by atoms with Crippen molar-refractivity contribution >= 4 is 58.5 Å². The second-order valence-electron chi connectivity index (χ2n) is 35.6. The van der Waals surface area contributed by atoms with E-state index in [4.69, 9.17) is 9.47 Å². The lowest BCUT2D eigenvalue weighted by Gasteiger charge is -2.32. The average molecular weight is 1520 g/mol. The van der Waals surface area contributed by atoms with Crippen LogP contribution in [0.2, 0.25) is 0 Å². The van der Waals surface area contributed by atoms with Crippen molar-refractivity contribution in [1.29, 1.82) is 0 Å². The molecule has 0 N–H and O–H groups in total. The fourth-order valence-electron chi connectivity index (χ4n) is 10.8. The Hall–Kier alpha value is -6.25. The van der Waals surface area contributed by atoms with Crippen LogP contribution in [0.5, 0.6) is 0 Å². The van der Waals surface area contributed by atoms with E-state index in [1.54, 1.807) is 9.80 Å². The van der Waals surface area contributed by atoms with Gasteiger partial charge in [0, 0.05) is 119 Å². The minimum atomic E-state index is -0.371. The van der Waals surface area contributed by atoms with Crippen molar-refractivity contribution in [3.8, 4) is 0 Å². The number of hydrogen-bond acceptors (Lipinski definition) is 10. The molecule has 0 aromatic heterocycles. The molecule has 0 fully saturated rings. The largest absolute Gasteiger partial charge is 0.463 e. The Kier molecular flexibility index (Phi) is 59.0. The highest BCUT2D eigenvalue weighted by molar-refractivity contribution is 5.96. The first kappa shape index (κ1) is 110. The van der Waals surface area contributed by atoms with Crippen molar-refractivity contribution in [2.45, 2.75) is 376 Å². The van der Waals surface area contributed by atoms with Gasteiger partial charge < -0.3 is 38.9 Å². The smallest absolute Gasteiger partial charge is 0.312 e. The molecule has 15 nitrogen and oxygen atoms in total. The topological polar surface area (TPSA) is 157 Å². The molecule has 0 aliphatic carbocycles. The molecule has 3 rings (SSSR count). The number of ether oxygens (including phenoxy) is 2. The van der Waals surface area contributed by atoms with Gasteiger partial charge in [0.15, 0.2) is 0 Å². The van der Waals surface area contributed by atoms with Gasteiger partial charge in [0.05, 0.1) is 17.6 Å². The Morgan fingerprint density at radius 1 is 0.333 bits per heavy atom. The van der Waals surface area contributed by atoms with Crippen LogP contribution >= 0.6 is 0 Å². The van der Waals surface area contributed by atoms with Crippen LogP contribution in [0.15, 0.2) is 66.7 Å². The van der Waals surface area contributed by atoms with E-state index in [2.05, 4.69) is 201 Å². The lowest BCUT2D eigenvalue weighted by atomic mass is 9.81. The van der Waals surface area contributed by atoms with Crippen molar-refractivity contribution in [1.82, 2.24) is 14.7 Å². The second-order valence-corrected chi connectivity index (χ2v) is 35.6. The van der Waals surface area contributed by atoms with Crippen LogP contribution < -0.4 is 14.7 Å². The van der Waals surface area contributed by atoms with Gasteiger partial charge in [-0.2, -0.15) is 0 Å². The second kappa shape index (κ2) is 57.8. The maximum absolute atomic E-state index is 12.4. The molecule has 0 radical (unpaired) electrons. The molecular weight excluding hydrogens is 1350 g/mol. The number of esters is 2. The third kappa shape index (κ3) is 50.5. The van der Waals surface area contributed by atoms with Gasteiger partial charge in [-0.25, -0.2) is 0 Å². The zero-order valence-corrected chi connectivity index (χ0v) is 77.7. The van der Waals surface area contributed by atoms with Crippen LogP contribution in [-0.2, 0) is 43.0 Å². The van der Waals surface area contributed by atoms with E-state index in [0.717, 1.165) is 23.8 Å². The van der Waals surface area contributed by atoms with E-state index < -0.39 is 0 Å². The summed E-state index contributed by atoms with van der Waals surface area (Å²) in [6, 6.07) is 24.8. The Morgan fingerprint density at radius 2 is 0.648 bits per heavy atom. The van der Waals surface area contributed by atoms with Crippen LogP contribution in [0.4, 0.5) is 17.1 Å². The predicted molar refractivity (Wildman–Crippen MR) is 466 cm³/mol. The lowest BCUT2D eigenvalue weighted by Crippen LogP contribution is -2.42. The number of hydrogen-bond donors (Lipinski definition) is 0. The first-order valence-electron chi connectivity index (χ1n) is 41.2. The SMILES string of the molecule is CC(C)CC(=O)N(C(C)C)C(C)C.CC(C)CC(=O)N(C)C(C)C.CC(C)CC(=O)N(C)C(C)C.CC(C)CC(=O)N(c1ccccc1)C(C)C.CC(C)CC(=O)OC(C)C.CC(C)OC(=O)C(C)(C)C(C)C.Cc1cccc(C)c1N(C(=O)CC(C)C)C(C)C.Cc1cccc(C)c1N(CCC(C)C)C(C)C. The van der Waals surface area contributed by atoms with Crippen molar-refractivity contribution in [3.05, 3.63) is 89.0 Å². The van der Waals surface area contributed by atoms with Gasteiger partial charge in [-0.1, -0.05) is 165 Å². The standard InChI is InChI=1S/C16H25NO.C16H27N.C14H21NO.C11H23NO.C10H20O2.2C9H19NO.C8H16O2/c1-11(2)10-15(18)17(12(3)4)16-13(5)8-7-9-14(16)6;1-12(2)10-11-17(13(3)4)16-14(5)8-7-9-15(16)6;1-11(2)10-14(16)15(12(3)4)13-8-6-5-7-9-13;1-8(2)7-11(13)12(9(3)4)10(5)6;1-7(2)10(5,6)9(11)12-8(3)4;2*1-7(2)6-9(11)10(5)8(3)4;1-6(2)5-8(9)10-7(3)4/h7-9,11-12H,10H2,1-6H3;7-9,12-13H,10-11H2,1-6H3;5-9,11-12H,10H2,1-4H3;8-10H,7H2,1-6H3;7-8H,1-6H3;2*7-8H,6H2,1-5H3;6-7H,5H2,1-4H3. The summed E-state index contributed by atoms with van der Waals surface area (Å²) in [4.78, 5) is 93.2. The Bertz CT molecular complexity index is 2830. The van der Waals surface area contributed by atoms with E-state index in [1.165, 1.54) is 34.4 Å². The van der Waals surface area contributed by atoms with Crippen LogP contribution in [0, 0.1) is 80.5 Å². The minimum Gasteiger partial charge on any atom is -0.463 e. The summed E-state index contributed by atoms with van der Waals surface area (Å²) in [6.45, 7) is 83.6. The van der Waals surface area contributed by atoms with Crippen molar-refractivity contribution in [2.75, 3.05) is 35.3 Å². The number of benzene rings is 3. The zero-order valence-electron chi connectivity index (χ0n) is 77.7. The quantitative estimate of drug-likeness (QED) is 0.0613. The first-order chi connectivity index (χ1) is 49.3. The predicted octanol–water partition coefficient (Wildman–Crippen LogP) is 23.2. The zero-order chi connectivity index (χ0) is 85.7. The van der Waals surface area contributed by atoms with Gasteiger partial charge in [0.2, 0.25) is 29.5 Å². The van der Waals surface area contributed by atoms with Crippen LogP contribution in [0.1, 0.15) is 316 Å². The Labute approximate surface area is 666 Å². The fourth-order valence-corrected chi connectivity index (χ4v) is 10.8. The molecule has 0 aliphatic heterocycles. The number of carbonyl (C=O) groups excluding carboxylic acids is 7. The Balaban J connectivity index is -0.000000378. The molecule has 0 saturated carbocycles. The fraction of sp³-hybridized carbons (Fsp3) is 0.731. The summed E-state index contributed by atoms with van der Waals surface area (Å²) in [7, 11) is 3.71. The van der Waals surface area contributed by atoms with E-state index in [-0.39, 0.29) is 71.2 Å². The third-order valence-electron chi connectivity index (χ3n) is 17.5. The number of para-hydroxylation sites is 3. The number of anilines is 3. The molecule has 3 aromatic rings. The molecule has 0 atom stereocenters. The molecule has 108 heavy (non-hydrogen) atoms. The number of rotatable bonds is 29. The maximum Gasteiger partial charge on any atom is 0.312 e. The molecule has 0 unspecified atom stereocenters. The van der Waals surface area contributed by atoms with E-state index in [1.807, 2.05) is 176 Å². The molecule has 5 amide bonds. The molecule has 15 heteroatoms. The number of nitrogens with zero attached hydrogens (tertiary/aromatic N) is 6. The Morgan fingerprint density at radius 3 is 0.926 bits per heavy atom. The average Bonchev–Trinajstić information content (AvgIpc) is 0.849. The van der Waals surface area contributed by atoms with Gasteiger partial charge in [0.25, 0.3) is 0 Å². The van der Waals surface area contributed by atoms with Crippen molar-refractivity contribution in [3.63, 3.8) is 0 Å². The summed E-state index contributed by atoms with van der Waals surface area (Å²) in [5.41, 5.74) is 8.25. The third-order valence-corrected chi connectivity index (χ3v) is 17.5. The van der Waals surface area contributed by atoms with Crippen LogP contribution in [0.3, 0.4) is 0 Å². The van der Waals surface area contributed by atoms with Crippen LogP contribution in [-0.4, -0.2) is 131 Å². The molecule has 0 spiro atoms. The highest BCUT2D eigenvalue weighted by Crippen LogP contribution is 2.31. The highest BCUT2D eigenvalue weighted by Gasteiger charge is 2.33. The molecule has 0 bridgehead atoms. The number of aryl methyl sites for hydroxylation is 4. The van der Waals surface area contributed by atoms with Gasteiger partial charge >= 0.3 is 11.9 Å². The molecule has 626 valence electrons. The van der Waals surface area contributed by atoms with Gasteiger partial charge in [-0.15, -0.1) is 0 Å². The summed E-state index contributed by atoms with van der Waals surface area (Å²) in [5, 5.41) is 0. The van der Waals surface area contributed by atoms with Gasteiger partial charge in [-0.3, -0.25) is 33.6 Å². The van der Waals surface area contributed by atoms with E-state index in [9.17, 15) is 33.6 Å². The lowest BCUT2D eigenvalue weighted by molar-refractivity contribution is -0.160. The normalized spacial score (nSPS) is 11.2. The van der Waals surface area contributed by atoms with Crippen molar-refractivity contribution < 1.29 is 43.0 Å². The van der Waals surface area contributed by atoms with E-state index in [0.29, 0.717) is 110 Å². The van der Waals surface area contributed by atoms with E-state index >= 15 is 0 Å². The summed E-state index contributed by atoms with van der Waals surface area (Å²) < 4.78 is 10.1. The monoisotopic (exact) mass is 1520 g/mol. The van der Waals surface area contributed by atoms with Crippen molar-refractivity contribution in [2.24, 2.45) is 52.8 Å². The van der Waals surface area contributed by atoms with Gasteiger partial charge in [0.1, 0.15) is 0 Å². The van der Waals surface area contributed by atoms with Gasteiger partial charge in [-0.05, 0) is 254 Å². The molecule has 0 heterocycles. The minimum absolute atomic E-state index is 0.0180. The maximum atomic E-state index is 12.4.